The number of hydrogen-bond donors (Lipinski definition) is 0. The predicted octanol–water partition coefficient (Wildman–Crippen LogP) is 2.78. The van der Waals surface area contributed by atoms with Crippen LogP contribution in [0.3, 0.4) is 0 Å². The first kappa shape index (κ1) is 9.71. The zero-order valence-electron chi connectivity index (χ0n) is 8.36. The van der Waals surface area contributed by atoms with Gasteiger partial charge >= 0.3 is 6.47 Å². The first-order chi connectivity index (χ1) is 7.33. The van der Waals surface area contributed by atoms with Crippen LogP contribution in [0.1, 0.15) is 18.6 Å². The highest BCUT2D eigenvalue weighted by Gasteiger charge is 2.09. The fraction of sp³-hybridized carbons (Fsp3) is 0.154. The van der Waals surface area contributed by atoms with Crippen molar-refractivity contribution in [2.75, 3.05) is 0 Å². The van der Waals surface area contributed by atoms with Gasteiger partial charge in [0.25, 0.3) is 0 Å². The molecule has 0 bridgehead atoms. The van der Waals surface area contributed by atoms with Crippen molar-refractivity contribution in [1.82, 2.24) is 0 Å². The van der Waals surface area contributed by atoms with Crippen LogP contribution in [0, 0.1) is 6.07 Å². The summed E-state index contributed by atoms with van der Waals surface area (Å²) in [6, 6.07) is 14.9. The SMILES string of the molecule is CC(O[C]=O)c1[c]ccc2ccccc12. The molecule has 2 nitrogen and oxygen atoms in total. The van der Waals surface area contributed by atoms with E-state index in [1.807, 2.05) is 43.3 Å². The molecular weight excluding hydrogens is 188 g/mol. The number of fused-ring (bicyclic) bond motifs is 1. The fourth-order valence-electron chi connectivity index (χ4n) is 1.65. The third-order valence-corrected chi connectivity index (χ3v) is 2.38. The normalized spacial score (nSPS) is 12.3. The van der Waals surface area contributed by atoms with E-state index in [0.29, 0.717) is 0 Å². The second-order valence-electron chi connectivity index (χ2n) is 3.32. The van der Waals surface area contributed by atoms with Crippen molar-refractivity contribution >= 4 is 17.2 Å². The molecule has 1 unspecified atom stereocenters. The molecule has 1 atom stereocenters. The molecule has 0 aromatic heterocycles. The van der Waals surface area contributed by atoms with Crippen molar-refractivity contribution in [1.29, 1.82) is 0 Å². The van der Waals surface area contributed by atoms with Crippen LogP contribution in [0.2, 0.25) is 0 Å². The van der Waals surface area contributed by atoms with Gasteiger partial charge in [0.05, 0.1) is 0 Å². The molecule has 15 heavy (non-hydrogen) atoms. The molecule has 2 aromatic rings. The van der Waals surface area contributed by atoms with Gasteiger partial charge in [-0.05, 0) is 23.8 Å². The van der Waals surface area contributed by atoms with Gasteiger partial charge < -0.3 is 4.74 Å². The van der Waals surface area contributed by atoms with Gasteiger partial charge in [-0.25, -0.2) is 4.79 Å². The maximum atomic E-state index is 10.2. The van der Waals surface area contributed by atoms with E-state index < -0.39 is 0 Å². The van der Waals surface area contributed by atoms with Crippen LogP contribution in [0.5, 0.6) is 0 Å². The third-order valence-electron chi connectivity index (χ3n) is 2.38. The minimum Gasteiger partial charge on any atom is -0.449 e. The highest BCUT2D eigenvalue weighted by atomic mass is 16.5. The molecule has 0 saturated heterocycles. The van der Waals surface area contributed by atoms with Gasteiger partial charge in [-0.1, -0.05) is 36.4 Å². The Morgan fingerprint density at radius 1 is 1.33 bits per heavy atom. The van der Waals surface area contributed by atoms with Crippen molar-refractivity contribution < 1.29 is 9.53 Å². The predicted molar refractivity (Wildman–Crippen MR) is 58.0 cm³/mol. The van der Waals surface area contributed by atoms with Crippen molar-refractivity contribution in [3.8, 4) is 0 Å². The second kappa shape index (κ2) is 4.13. The molecule has 0 heterocycles. The van der Waals surface area contributed by atoms with Crippen LogP contribution in [-0.4, -0.2) is 6.47 Å². The Morgan fingerprint density at radius 2 is 2.13 bits per heavy atom. The quantitative estimate of drug-likeness (QED) is 0.758. The van der Waals surface area contributed by atoms with Gasteiger partial charge in [0.2, 0.25) is 0 Å². The number of rotatable bonds is 3. The van der Waals surface area contributed by atoms with Crippen molar-refractivity contribution in [2.24, 2.45) is 0 Å². The summed E-state index contributed by atoms with van der Waals surface area (Å²) in [5.74, 6) is 0. The summed E-state index contributed by atoms with van der Waals surface area (Å²) in [7, 11) is 0. The van der Waals surface area contributed by atoms with E-state index in [0.717, 1.165) is 16.3 Å². The zero-order chi connectivity index (χ0) is 10.7. The highest BCUT2D eigenvalue weighted by molar-refractivity contribution is 5.85. The van der Waals surface area contributed by atoms with Crippen LogP contribution >= 0.6 is 0 Å². The topological polar surface area (TPSA) is 26.3 Å². The lowest BCUT2D eigenvalue weighted by molar-refractivity contribution is 0.199. The van der Waals surface area contributed by atoms with Crippen molar-refractivity contribution in [3.05, 3.63) is 48.0 Å². The van der Waals surface area contributed by atoms with Gasteiger partial charge in [0.1, 0.15) is 6.10 Å². The molecule has 0 amide bonds. The van der Waals surface area contributed by atoms with E-state index in [-0.39, 0.29) is 6.10 Å². The second-order valence-corrected chi connectivity index (χ2v) is 3.32. The molecule has 0 saturated carbocycles. The lowest BCUT2D eigenvalue weighted by atomic mass is 10.0. The summed E-state index contributed by atoms with van der Waals surface area (Å²) in [5.41, 5.74) is 0.886. The van der Waals surface area contributed by atoms with E-state index in [4.69, 9.17) is 4.74 Å². The van der Waals surface area contributed by atoms with Gasteiger partial charge in [-0.2, -0.15) is 0 Å². The standard InChI is InChI=1S/C13H10O2/c1-10(15-9-14)12-8-4-6-11-5-2-3-7-13(11)12/h2-7,10H,1H3. The number of ether oxygens (including phenoxy) is 1. The van der Waals surface area contributed by atoms with E-state index >= 15 is 0 Å². The first-order valence-corrected chi connectivity index (χ1v) is 4.75. The van der Waals surface area contributed by atoms with Gasteiger partial charge in [0.15, 0.2) is 0 Å². The fourth-order valence-corrected chi connectivity index (χ4v) is 1.65. The molecular formula is C13H10O2. The van der Waals surface area contributed by atoms with E-state index in [2.05, 4.69) is 6.07 Å². The van der Waals surface area contributed by atoms with Gasteiger partial charge in [-0.3, -0.25) is 0 Å². The van der Waals surface area contributed by atoms with Crippen molar-refractivity contribution in [2.45, 2.75) is 13.0 Å². The Labute approximate surface area is 88.5 Å². The Balaban J connectivity index is 2.55. The van der Waals surface area contributed by atoms with Crippen LogP contribution in [0.4, 0.5) is 0 Å². The van der Waals surface area contributed by atoms with Crippen molar-refractivity contribution in [3.63, 3.8) is 0 Å². The van der Waals surface area contributed by atoms with E-state index in [1.165, 1.54) is 6.47 Å². The van der Waals surface area contributed by atoms with Crippen LogP contribution < -0.4 is 0 Å². The molecule has 2 radical (unpaired) electrons. The maximum Gasteiger partial charge on any atom is 0.418 e. The molecule has 0 N–H and O–H groups in total. The van der Waals surface area contributed by atoms with Gasteiger partial charge in [0, 0.05) is 5.56 Å². The Kier molecular flexibility index (Phi) is 2.68. The van der Waals surface area contributed by atoms with E-state index in [1.54, 1.807) is 0 Å². The molecule has 0 spiro atoms. The highest BCUT2D eigenvalue weighted by Crippen LogP contribution is 2.25. The molecule has 0 fully saturated rings. The minimum atomic E-state index is -0.311. The summed E-state index contributed by atoms with van der Waals surface area (Å²) in [5, 5.41) is 2.18. The lowest BCUT2D eigenvalue weighted by Gasteiger charge is -2.11. The first-order valence-electron chi connectivity index (χ1n) is 4.75. The average Bonchev–Trinajstić information content (AvgIpc) is 2.28. The molecule has 0 aliphatic rings. The Bertz CT molecular complexity index is 471. The molecule has 0 aliphatic carbocycles. The Hall–Kier alpha value is -1.83. The minimum absolute atomic E-state index is 0.311. The summed E-state index contributed by atoms with van der Waals surface area (Å²) in [6.45, 7) is 3.27. The molecule has 2 heteroatoms. The average molecular weight is 198 g/mol. The summed E-state index contributed by atoms with van der Waals surface area (Å²) in [4.78, 5) is 10.2. The van der Waals surface area contributed by atoms with Crippen LogP contribution in [0.25, 0.3) is 10.8 Å². The monoisotopic (exact) mass is 198 g/mol. The Morgan fingerprint density at radius 3 is 2.93 bits per heavy atom. The zero-order valence-corrected chi connectivity index (χ0v) is 8.36. The van der Waals surface area contributed by atoms with E-state index in [9.17, 15) is 4.79 Å². The smallest absolute Gasteiger partial charge is 0.418 e. The number of hydrogen-bond acceptors (Lipinski definition) is 2. The summed E-state index contributed by atoms with van der Waals surface area (Å²) >= 11 is 0. The number of carbonyl (C=O) groups excluding carboxylic acids is 1. The number of benzene rings is 2. The third kappa shape index (κ3) is 1.84. The van der Waals surface area contributed by atoms with Crippen LogP contribution in [-0.2, 0) is 9.53 Å². The molecule has 0 aliphatic heterocycles. The van der Waals surface area contributed by atoms with Crippen LogP contribution in [0.15, 0.2) is 36.4 Å². The maximum absolute atomic E-state index is 10.2. The summed E-state index contributed by atoms with van der Waals surface area (Å²) in [6.07, 6.45) is -0.311. The molecule has 74 valence electrons. The summed E-state index contributed by atoms with van der Waals surface area (Å²) < 4.78 is 4.80. The largest absolute Gasteiger partial charge is 0.449 e. The molecule has 2 aromatic carbocycles. The lowest BCUT2D eigenvalue weighted by Crippen LogP contribution is -1.98. The van der Waals surface area contributed by atoms with Gasteiger partial charge in [-0.15, -0.1) is 0 Å². The molecule has 2 rings (SSSR count).